The number of sulfone groups is 1. The van der Waals surface area contributed by atoms with E-state index in [1.807, 2.05) is 0 Å². The highest BCUT2D eigenvalue weighted by atomic mass is 32.2. The Bertz CT molecular complexity index is 748. The van der Waals surface area contributed by atoms with Gasteiger partial charge in [0.2, 0.25) is 0 Å². The predicted octanol–water partition coefficient (Wildman–Crippen LogP) is 2.37. The van der Waals surface area contributed by atoms with E-state index in [-0.39, 0.29) is 16.2 Å². The van der Waals surface area contributed by atoms with Gasteiger partial charge in [-0.3, -0.25) is 0 Å². The van der Waals surface area contributed by atoms with E-state index in [1.54, 1.807) is 12.1 Å². The first-order valence-corrected chi connectivity index (χ1v) is 7.76. The molecule has 110 valence electrons. The van der Waals surface area contributed by atoms with Crippen molar-refractivity contribution in [2.45, 2.75) is 10.6 Å². The lowest BCUT2D eigenvalue weighted by atomic mass is 10.1. The molecule has 5 nitrogen and oxygen atoms in total. The van der Waals surface area contributed by atoms with Crippen LogP contribution in [0, 0.1) is 0 Å². The molecule has 2 rings (SSSR count). The molecule has 0 radical (unpaired) electrons. The molecule has 0 bridgehead atoms. The first-order valence-electron chi connectivity index (χ1n) is 6.11. The minimum Gasteiger partial charge on any atom is -0.497 e. The molecule has 21 heavy (non-hydrogen) atoms. The standard InChI is InChI=1S/C15H14O5S/c1-20-13-3-2-4-14(9-13)21(18,19)10-11-5-7-12(8-6-11)15(16)17/h2-9H,10H2,1H3,(H,16,17). The summed E-state index contributed by atoms with van der Waals surface area (Å²) in [6.45, 7) is 0. The third-order valence-electron chi connectivity index (χ3n) is 2.96. The smallest absolute Gasteiger partial charge is 0.335 e. The molecule has 0 amide bonds. The molecule has 2 aromatic carbocycles. The number of methoxy groups -OCH3 is 1. The van der Waals surface area contributed by atoms with E-state index in [2.05, 4.69) is 0 Å². The number of hydrogen-bond donors (Lipinski definition) is 1. The number of aromatic carboxylic acids is 1. The highest BCUT2D eigenvalue weighted by Gasteiger charge is 2.16. The van der Waals surface area contributed by atoms with Crippen molar-refractivity contribution in [2.75, 3.05) is 7.11 Å². The lowest BCUT2D eigenvalue weighted by molar-refractivity contribution is 0.0697. The zero-order valence-corrected chi connectivity index (χ0v) is 12.1. The Hall–Kier alpha value is -2.34. The monoisotopic (exact) mass is 306 g/mol. The first-order chi connectivity index (χ1) is 9.92. The predicted molar refractivity (Wildman–Crippen MR) is 77.3 cm³/mol. The maximum Gasteiger partial charge on any atom is 0.335 e. The summed E-state index contributed by atoms with van der Waals surface area (Å²) in [5.41, 5.74) is 0.653. The highest BCUT2D eigenvalue weighted by molar-refractivity contribution is 7.90. The molecule has 0 unspecified atom stereocenters. The zero-order chi connectivity index (χ0) is 15.5. The first kappa shape index (κ1) is 15.1. The Kier molecular flexibility index (Phi) is 4.28. The van der Waals surface area contributed by atoms with Crippen molar-refractivity contribution < 1.29 is 23.1 Å². The van der Waals surface area contributed by atoms with Gasteiger partial charge in [0.05, 0.1) is 23.3 Å². The second-order valence-electron chi connectivity index (χ2n) is 4.44. The van der Waals surface area contributed by atoms with Crippen molar-refractivity contribution >= 4 is 15.8 Å². The summed E-state index contributed by atoms with van der Waals surface area (Å²) in [6, 6.07) is 12.0. The summed E-state index contributed by atoms with van der Waals surface area (Å²) in [7, 11) is -2.04. The Labute approximate surface area is 122 Å². The molecule has 0 aliphatic rings. The molecular weight excluding hydrogens is 292 g/mol. The number of benzene rings is 2. The van der Waals surface area contributed by atoms with Gasteiger partial charge in [-0.1, -0.05) is 18.2 Å². The van der Waals surface area contributed by atoms with Crippen molar-refractivity contribution in [3.63, 3.8) is 0 Å². The normalized spacial score (nSPS) is 11.1. The Morgan fingerprint density at radius 2 is 1.81 bits per heavy atom. The van der Waals surface area contributed by atoms with Gasteiger partial charge >= 0.3 is 5.97 Å². The number of hydrogen-bond acceptors (Lipinski definition) is 4. The molecule has 0 fully saturated rings. The van der Waals surface area contributed by atoms with Gasteiger partial charge in [0.25, 0.3) is 0 Å². The summed E-state index contributed by atoms with van der Waals surface area (Å²) in [4.78, 5) is 10.9. The third kappa shape index (κ3) is 3.61. The van der Waals surface area contributed by atoms with Crippen LogP contribution in [0.5, 0.6) is 5.75 Å². The summed E-state index contributed by atoms with van der Waals surface area (Å²) in [5.74, 6) is -0.769. The van der Waals surface area contributed by atoms with Crippen LogP contribution in [0.25, 0.3) is 0 Å². The van der Waals surface area contributed by atoms with Crippen LogP contribution in [0.3, 0.4) is 0 Å². The molecule has 0 aliphatic heterocycles. The van der Waals surface area contributed by atoms with Crippen molar-refractivity contribution in [2.24, 2.45) is 0 Å². The number of carboxylic acids is 1. The SMILES string of the molecule is COc1cccc(S(=O)(=O)Cc2ccc(C(=O)O)cc2)c1. The van der Waals surface area contributed by atoms with Crippen molar-refractivity contribution in [1.82, 2.24) is 0 Å². The largest absolute Gasteiger partial charge is 0.497 e. The Morgan fingerprint density at radius 1 is 1.14 bits per heavy atom. The van der Waals surface area contributed by atoms with Crippen LogP contribution >= 0.6 is 0 Å². The lowest BCUT2D eigenvalue weighted by Crippen LogP contribution is -2.05. The topological polar surface area (TPSA) is 80.7 Å². The average molecular weight is 306 g/mol. The van der Waals surface area contributed by atoms with Crippen LogP contribution in [-0.2, 0) is 15.6 Å². The molecule has 0 aliphatic carbocycles. The van der Waals surface area contributed by atoms with Crippen LogP contribution < -0.4 is 4.74 Å². The summed E-state index contributed by atoms with van der Waals surface area (Å²) >= 11 is 0. The minimum absolute atomic E-state index is 0.123. The summed E-state index contributed by atoms with van der Waals surface area (Å²) < 4.78 is 29.6. The van der Waals surface area contributed by atoms with Crippen LogP contribution in [0.1, 0.15) is 15.9 Å². The molecular formula is C15H14O5S. The molecule has 0 atom stereocenters. The molecule has 0 aromatic heterocycles. The van der Waals surface area contributed by atoms with Gasteiger partial charge in [-0.05, 0) is 35.9 Å². The fourth-order valence-electron chi connectivity index (χ4n) is 1.84. The zero-order valence-electron chi connectivity index (χ0n) is 11.3. The molecule has 0 spiro atoms. The highest BCUT2D eigenvalue weighted by Crippen LogP contribution is 2.21. The van der Waals surface area contributed by atoms with Crippen LogP contribution in [0.4, 0.5) is 0 Å². The molecule has 2 aromatic rings. The minimum atomic E-state index is -3.51. The number of rotatable bonds is 5. The van der Waals surface area contributed by atoms with Gasteiger partial charge in [0, 0.05) is 0 Å². The average Bonchev–Trinajstić information content (AvgIpc) is 2.47. The van der Waals surface area contributed by atoms with E-state index in [0.29, 0.717) is 11.3 Å². The number of ether oxygens (including phenoxy) is 1. The van der Waals surface area contributed by atoms with Gasteiger partial charge in [0.15, 0.2) is 9.84 Å². The number of carboxylic acid groups (broad SMARTS) is 1. The summed E-state index contributed by atoms with van der Waals surface area (Å²) in [6.07, 6.45) is 0. The van der Waals surface area contributed by atoms with Crippen molar-refractivity contribution in [3.05, 3.63) is 59.7 Å². The van der Waals surface area contributed by atoms with Crippen molar-refractivity contribution in [1.29, 1.82) is 0 Å². The van der Waals surface area contributed by atoms with Crippen molar-refractivity contribution in [3.8, 4) is 5.75 Å². The van der Waals surface area contributed by atoms with Gasteiger partial charge in [-0.25, -0.2) is 13.2 Å². The third-order valence-corrected chi connectivity index (χ3v) is 4.64. The second-order valence-corrected chi connectivity index (χ2v) is 6.43. The van der Waals surface area contributed by atoms with E-state index in [0.717, 1.165) is 0 Å². The maximum atomic E-state index is 12.3. The Morgan fingerprint density at radius 3 is 2.38 bits per heavy atom. The van der Waals surface area contributed by atoms with Gasteiger partial charge in [-0.15, -0.1) is 0 Å². The van der Waals surface area contributed by atoms with E-state index in [9.17, 15) is 13.2 Å². The van der Waals surface area contributed by atoms with Crippen LogP contribution in [0.2, 0.25) is 0 Å². The van der Waals surface area contributed by atoms with Gasteiger partial charge in [0.1, 0.15) is 5.75 Å². The van der Waals surface area contributed by atoms with E-state index in [1.165, 1.54) is 43.5 Å². The maximum absolute atomic E-state index is 12.3. The Balaban J connectivity index is 2.26. The summed E-state index contributed by atoms with van der Waals surface area (Å²) in [5, 5.41) is 8.81. The molecule has 1 N–H and O–H groups in total. The molecule has 0 saturated heterocycles. The second kappa shape index (κ2) is 5.97. The van der Waals surface area contributed by atoms with Gasteiger partial charge in [-0.2, -0.15) is 0 Å². The van der Waals surface area contributed by atoms with Gasteiger partial charge < -0.3 is 9.84 Å². The number of carbonyl (C=O) groups is 1. The van der Waals surface area contributed by atoms with Crippen LogP contribution in [-0.4, -0.2) is 26.6 Å². The van der Waals surface area contributed by atoms with E-state index < -0.39 is 15.8 Å². The fraction of sp³-hybridized carbons (Fsp3) is 0.133. The molecule has 0 heterocycles. The molecule has 6 heteroatoms. The van der Waals surface area contributed by atoms with E-state index in [4.69, 9.17) is 9.84 Å². The lowest BCUT2D eigenvalue weighted by Gasteiger charge is -2.07. The van der Waals surface area contributed by atoms with Crippen LogP contribution in [0.15, 0.2) is 53.4 Å². The quantitative estimate of drug-likeness (QED) is 0.917. The molecule has 0 saturated carbocycles. The van der Waals surface area contributed by atoms with E-state index >= 15 is 0 Å². The fourth-order valence-corrected chi connectivity index (χ4v) is 3.22.